The van der Waals surface area contributed by atoms with Crippen LogP contribution in [-0.2, 0) is 11.2 Å². The van der Waals surface area contributed by atoms with E-state index in [4.69, 9.17) is 27.9 Å². The van der Waals surface area contributed by atoms with E-state index in [2.05, 4.69) is 5.32 Å². The second-order valence-corrected chi connectivity index (χ2v) is 5.39. The molecule has 0 atom stereocenters. The van der Waals surface area contributed by atoms with Gasteiger partial charge in [-0.1, -0.05) is 41.4 Å². The molecular weight excluding hydrogens is 309 g/mol. The first-order valence-corrected chi connectivity index (χ1v) is 7.22. The summed E-state index contributed by atoms with van der Waals surface area (Å²) < 4.78 is 5.26. The number of ether oxygens (including phenoxy) is 1. The van der Waals surface area contributed by atoms with Gasteiger partial charge in [0.05, 0.1) is 7.11 Å². The number of halogens is 2. The first-order valence-electron chi connectivity index (χ1n) is 6.46. The van der Waals surface area contributed by atoms with Crippen LogP contribution in [0.5, 0.6) is 5.75 Å². The Labute approximate surface area is 133 Å². The van der Waals surface area contributed by atoms with Crippen molar-refractivity contribution in [3.8, 4) is 5.75 Å². The number of anilines is 1. The summed E-state index contributed by atoms with van der Waals surface area (Å²) in [6.07, 6.45) is 0.953. The molecule has 0 aromatic heterocycles. The number of carbonyl (C=O) groups excluding carboxylic acids is 1. The fraction of sp³-hybridized carbons (Fsp3) is 0.188. The van der Waals surface area contributed by atoms with Gasteiger partial charge in [-0.05, 0) is 36.2 Å². The van der Waals surface area contributed by atoms with Crippen molar-refractivity contribution >= 4 is 34.8 Å². The predicted octanol–water partition coefficient (Wildman–Crippen LogP) is 4.57. The molecule has 1 amide bonds. The fourth-order valence-corrected chi connectivity index (χ4v) is 2.53. The van der Waals surface area contributed by atoms with E-state index in [9.17, 15) is 4.79 Å². The molecular formula is C16H15Cl2NO2. The number of hydrogen-bond acceptors (Lipinski definition) is 2. The minimum Gasteiger partial charge on any atom is -0.496 e. The molecule has 0 saturated carbocycles. The average molecular weight is 324 g/mol. The van der Waals surface area contributed by atoms with E-state index in [1.54, 1.807) is 25.3 Å². The van der Waals surface area contributed by atoms with Gasteiger partial charge in [0, 0.05) is 22.2 Å². The Morgan fingerprint density at radius 1 is 1.14 bits per heavy atom. The molecule has 21 heavy (non-hydrogen) atoms. The first kappa shape index (κ1) is 15.7. The van der Waals surface area contributed by atoms with Crippen molar-refractivity contribution in [3.63, 3.8) is 0 Å². The Bertz CT molecular complexity index is 624. The molecule has 0 spiro atoms. The second kappa shape index (κ2) is 7.34. The van der Waals surface area contributed by atoms with Gasteiger partial charge in [0.15, 0.2) is 0 Å². The summed E-state index contributed by atoms with van der Waals surface area (Å²) in [7, 11) is 1.62. The maximum absolute atomic E-state index is 12.0. The van der Waals surface area contributed by atoms with Gasteiger partial charge in [0.25, 0.3) is 0 Å². The van der Waals surface area contributed by atoms with Gasteiger partial charge in [-0.2, -0.15) is 0 Å². The number of aryl methyl sites for hydroxylation is 1. The third kappa shape index (κ3) is 4.66. The van der Waals surface area contributed by atoms with Crippen LogP contribution in [0.25, 0.3) is 0 Å². The third-order valence-electron chi connectivity index (χ3n) is 2.96. The van der Waals surface area contributed by atoms with E-state index in [1.165, 1.54) is 0 Å². The van der Waals surface area contributed by atoms with Crippen molar-refractivity contribution in [2.75, 3.05) is 12.4 Å². The zero-order valence-corrected chi connectivity index (χ0v) is 13.0. The maximum atomic E-state index is 12.0. The lowest BCUT2D eigenvalue weighted by atomic mass is 10.1. The molecule has 0 heterocycles. The highest BCUT2D eigenvalue weighted by molar-refractivity contribution is 6.35. The van der Waals surface area contributed by atoms with Crippen LogP contribution in [0.2, 0.25) is 10.0 Å². The third-order valence-corrected chi connectivity index (χ3v) is 3.40. The summed E-state index contributed by atoms with van der Waals surface area (Å²) in [6.45, 7) is 0. The molecule has 1 N–H and O–H groups in total. The van der Waals surface area contributed by atoms with Gasteiger partial charge in [-0.15, -0.1) is 0 Å². The van der Waals surface area contributed by atoms with Gasteiger partial charge >= 0.3 is 0 Å². The Morgan fingerprint density at radius 2 is 1.81 bits per heavy atom. The number of amides is 1. The summed E-state index contributed by atoms with van der Waals surface area (Å²) in [5.74, 6) is 0.690. The van der Waals surface area contributed by atoms with Crippen molar-refractivity contribution in [1.29, 1.82) is 0 Å². The van der Waals surface area contributed by atoms with Crippen LogP contribution in [0, 0.1) is 0 Å². The lowest BCUT2D eigenvalue weighted by molar-refractivity contribution is -0.116. The minimum atomic E-state index is -0.0979. The van der Waals surface area contributed by atoms with Crippen LogP contribution in [0.1, 0.15) is 12.0 Å². The summed E-state index contributed by atoms with van der Waals surface area (Å²) in [5, 5.41) is 3.76. The van der Waals surface area contributed by atoms with Crippen molar-refractivity contribution in [2.45, 2.75) is 12.8 Å². The summed E-state index contributed by atoms with van der Waals surface area (Å²) in [5.41, 5.74) is 1.59. The standard InChI is InChI=1S/C16H15Cl2NO2/c1-21-15-5-3-2-4-11(15)6-7-16(20)19-14-9-12(17)8-13(18)10-14/h2-5,8-10H,6-7H2,1H3,(H,19,20). The minimum absolute atomic E-state index is 0.0979. The van der Waals surface area contributed by atoms with Crippen LogP contribution >= 0.6 is 23.2 Å². The molecule has 0 unspecified atom stereocenters. The number of hydrogen-bond donors (Lipinski definition) is 1. The number of rotatable bonds is 5. The highest BCUT2D eigenvalue weighted by Crippen LogP contribution is 2.23. The molecule has 0 fully saturated rings. The Kier molecular flexibility index (Phi) is 5.48. The molecule has 0 bridgehead atoms. The van der Waals surface area contributed by atoms with Gasteiger partial charge in [0.1, 0.15) is 5.75 Å². The molecule has 5 heteroatoms. The number of benzene rings is 2. The zero-order chi connectivity index (χ0) is 15.2. The van der Waals surface area contributed by atoms with E-state index in [1.807, 2.05) is 24.3 Å². The van der Waals surface area contributed by atoms with Crippen LogP contribution in [-0.4, -0.2) is 13.0 Å². The monoisotopic (exact) mass is 323 g/mol. The average Bonchev–Trinajstić information content (AvgIpc) is 2.44. The number of methoxy groups -OCH3 is 1. The van der Waals surface area contributed by atoms with Crippen LogP contribution in [0.4, 0.5) is 5.69 Å². The lowest BCUT2D eigenvalue weighted by Gasteiger charge is -2.09. The van der Waals surface area contributed by atoms with E-state index < -0.39 is 0 Å². The second-order valence-electron chi connectivity index (χ2n) is 4.52. The highest BCUT2D eigenvalue weighted by Gasteiger charge is 2.07. The summed E-state index contributed by atoms with van der Waals surface area (Å²) >= 11 is 11.8. The van der Waals surface area contributed by atoms with E-state index in [-0.39, 0.29) is 5.91 Å². The van der Waals surface area contributed by atoms with Crippen molar-refractivity contribution in [1.82, 2.24) is 0 Å². The Hall–Kier alpha value is -1.71. The quantitative estimate of drug-likeness (QED) is 0.875. The van der Waals surface area contributed by atoms with Gasteiger partial charge in [-0.25, -0.2) is 0 Å². The highest BCUT2D eigenvalue weighted by atomic mass is 35.5. The smallest absolute Gasteiger partial charge is 0.224 e. The number of para-hydroxylation sites is 1. The van der Waals surface area contributed by atoms with Crippen LogP contribution in [0.15, 0.2) is 42.5 Å². The molecule has 110 valence electrons. The summed E-state index contributed by atoms with van der Waals surface area (Å²) in [4.78, 5) is 12.0. The number of nitrogens with one attached hydrogen (secondary N) is 1. The molecule has 2 aromatic rings. The number of carbonyl (C=O) groups is 1. The topological polar surface area (TPSA) is 38.3 Å². The van der Waals surface area contributed by atoms with E-state index >= 15 is 0 Å². The zero-order valence-electron chi connectivity index (χ0n) is 11.5. The van der Waals surface area contributed by atoms with E-state index in [0.717, 1.165) is 11.3 Å². The van der Waals surface area contributed by atoms with Gasteiger partial charge < -0.3 is 10.1 Å². The molecule has 0 aliphatic carbocycles. The first-order chi connectivity index (χ1) is 10.1. The molecule has 0 aliphatic rings. The maximum Gasteiger partial charge on any atom is 0.224 e. The Morgan fingerprint density at radius 3 is 2.48 bits per heavy atom. The molecule has 0 saturated heterocycles. The summed E-state index contributed by atoms with van der Waals surface area (Å²) in [6, 6.07) is 12.6. The van der Waals surface area contributed by atoms with Crippen molar-refractivity contribution in [2.24, 2.45) is 0 Å². The van der Waals surface area contributed by atoms with Gasteiger partial charge in [0.2, 0.25) is 5.91 Å². The lowest BCUT2D eigenvalue weighted by Crippen LogP contribution is -2.12. The largest absolute Gasteiger partial charge is 0.496 e. The molecule has 3 nitrogen and oxygen atoms in total. The van der Waals surface area contributed by atoms with Crippen LogP contribution < -0.4 is 10.1 Å². The van der Waals surface area contributed by atoms with Gasteiger partial charge in [-0.3, -0.25) is 4.79 Å². The fourth-order valence-electron chi connectivity index (χ4n) is 2.01. The Balaban J connectivity index is 1.96. The normalized spacial score (nSPS) is 10.2. The SMILES string of the molecule is COc1ccccc1CCC(=O)Nc1cc(Cl)cc(Cl)c1. The molecule has 0 aliphatic heterocycles. The predicted molar refractivity (Wildman–Crippen MR) is 86.4 cm³/mol. The van der Waals surface area contributed by atoms with Crippen LogP contribution in [0.3, 0.4) is 0 Å². The van der Waals surface area contributed by atoms with Crippen molar-refractivity contribution < 1.29 is 9.53 Å². The van der Waals surface area contributed by atoms with E-state index in [0.29, 0.717) is 28.6 Å². The molecule has 0 radical (unpaired) electrons. The van der Waals surface area contributed by atoms with Crippen molar-refractivity contribution in [3.05, 3.63) is 58.1 Å². The molecule has 2 aromatic carbocycles. The molecule has 2 rings (SSSR count).